The number of fused-ring (bicyclic) bond motifs is 2. The third kappa shape index (κ3) is 4.35. The van der Waals surface area contributed by atoms with Crippen LogP contribution in [-0.2, 0) is 13.1 Å². The first-order valence-electron chi connectivity index (χ1n) is 10.6. The van der Waals surface area contributed by atoms with Gasteiger partial charge in [-0.15, -0.1) is 0 Å². The molecule has 0 amide bonds. The number of halogens is 1. The minimum Gasteiger partial charge on any atom is -0.508 e. The molecule has 0 fully saturated rings. The van der Waals surface area contributed by atoms with Crippen LogP contribution in [0.3, 0.4) is 0 Å². The van der Waals surface area contributed by atoms with Gasteiger partial charge in [-0.1, -0.05) is 11.6 Å². The minimum atomic E-state index is 0.370. The predicted octanol–water partition coefficient (Wildman–Crippen LogP) is 5.98. The molecule has 4 aromatic rings. The van der Waals surface area contributed by atoms with E-state index < -0.39 is 0 Å². The van der Waals surface area contributed by atoms with Gasteiger partial charge < -0.3 is 19.1 Å². The molecule has 4 rings (SSSR count). The molecule has 0 spiro atoms. The highest BCUT2D eigenvalue weighted by Crippen LogP contribution is 2.26. The van der Waals surface area contributed by atoms with Crippen molar-refractivity contribution in [3.63, 3.8) is 0 Å². The molecule has 0 aliphatic heterocycles. The molecule has 0 saturated heterocycles. The average molecular weight is 424 g/mol. The summed E-state index contributed by atoms with van der Waals surface area (Å²) in [6, 6.07) is 12.4. The highest BCUT2D eigenvalue weighted by atomic mass is 35.5. The lowest BCUT2D eigenvalue weighted by Gasteiger charge is -2.17. The Morgan fingerprint density at radius 1 is 0.833 bits per heavy atom. The van der Waals surface area contributed by atoms with E-state index in [1.165, 1.54) is 16.3 Å². The van der Waals surface area contributed by atoms with Crippen LogP contribution in [0.2, 0.25) is 5.02 Å². The van der Waals surface area contributed by atoms with Crippen molar-refractivity contribution >= 4 is 33.4 Å². The third-order valence-electron chi connectivity index (χ3n) is 6.02. The molecular weight excluding hydrogens is 394 g/mol. The number of nitrogens with zero attached hydrogens (tertiary/aromatic N) is 3. The number of hydrogen-bond donors (Lipinski definition) is 1. The van der Waals surface area contributed by atoms with Crippen LogP contribution >= 0.6 is 11.6 Å². The van der Waals surface area contributed by atoms with Gasteiger partial charge in [0.1, 0.15) is 5.75 Å². The van der Waals surface area contributed by atoms with E-state index in [1.54, 1.807) is 0 Å². The van der Waals surface area contributed by atoms with E-state index in [1.807, 2.05) is 19.1 Å². The standard InChI is InChI=1S/C25H30ClN3O/c1-18-15-23-21(16-22(18)26)7-13-28(23)10-4-8-27(3)9-5-11-29-12-6-20-14-19(2)25(30)17-24(20)29/h6-7,12-17,30H,4-5,8-11H2,1-3H3. The van der Waals surface area contributed by atoms with Crippen LogP contribution in [0.5, 0.6) is 5.75 Å². The van der Waals surface area contributed by atoms with E-state index in [2.05, 4.69) is 64.7 Å². The number of phenols is 1. The minimum absolute atomic E-state index is 0.370. The zero-order valence-electron chi connectivity index (χ0n) is 18.0. The summed E-state index contributed by atoms with van der Waals surface area (Å²) in [5, 5.41) is 13.2. The summed E-state index contributed by atoms with van der Waals surface area (Å²) in [7, 11) is 2.20. The summed E-state index contributed by atoms with van der Waals surface area (Å²) < 4.78 is 4.56. The van der Waals surface area contributed by atoms with Crippen molar-refractivity contribution in [2.45, 2.75) is 39.8 Å². The Hall–Kier alpha value is -2.43. The predicted molar refractivity (Wildman–Crippen MR) is 127 cm³/mol. The Morgan fingerprint density at radius 2 is 1.40 bits per heavy atom. The summed E-state index contributed by atoms with van der Waals surface area (Å²) in [5.41, 5.74) is 4.42. The number of hydrogen-bond acceptors (Lipinski definition) is 2. The number of aromatic nitrogens is 2. The van der Waals surface area contributed by atoms with Gasteiger partial charge in [0.2, 0.25) is 0 Å². The van der Waals surface area contributed by atoms with Gasteiger partial charge >= 0.3 is 0 Å². The summed E-state index contributed by atoms with van der Waals surface area (Å²) >= 11 is 6.24. The lowest BCUT2D eigenvalue weighted by atomic mass is 10.1. The van der Waals surface area contributed by atoms with E-state index in [4.69, 9.17) is 11.6 Å². The molecule has 0 bridgehead atoms. The number of phenolic OH excluding ortho intramolecular Hbond substituents is 1. The topological polar surface area (TPSA) is 33.3 Å². The van der Waals surface area contributed by atoms with Gasteiger partial charge in [0.25, 0.3) is 0 Å². The Kier molecular flexibility index (Phi) is 6.07. The van der Waals surface area contributed by atoms with E-state index >= 15 is 0 Å². The molecular formula is C25H30ClN3O. The Morgan fingerprint density at radius 3 is 2.03 bits per heavy atom. The first kappa shape index (κ1) is 20.8. The number of aromatic hydroxyl groups is 1. The molecule has 2 heterocycles. The quantitative estimate of drug-likeness (QED) is 0.378. The van der Waals surface area contributed by atoms with Gasteiger partial charge in [0.05, 0.1) is 5.52 Å². The molecule has 5 heteroatoms. The van der Waals surface area contributed by atoms with Crippen molar-refractivity contribution in [2.75, 3.05) is 20.1 Å². The number of rotatable bonds is 8. The summed E-state index contributed by atoms with van der Waals surface area (Å²) in [4.78, 5) is 2.40. The van der Waals surface area contributed by atoms with E-state index in [0.717, 1.165) is 60.7 Å². The summed E-state index contributed by atoms with van der Waals surface area (Å²) in [6.07, 6.45) is 6.48. The molecule has 0 aliphatic carbocycles. The van der Waals surface area contributed by atoms with Gasteiger partial charge in [-0.25, -0.2) is 0 Å². The van der Waals surface area contributed by atoms with E-state index in [9.17, 15) is 5.11 Å². The fourth-order valence-electron chi connectivity index (χ4n) is 4.18. The molecule has 0 unspecified atom stereocenters. The van der Waals surface area contributed by atoms with E-state index in [-0.39, 0.29) is 0 Å². The third-order valence-corrected chi connectivity index (χ3v) is 6.43. The van der Waals surface area contributed by atoms with Crippen LogP contribution in [0.1, 0.15) is 24.0 Å². The molecule has 158 valence electrons. The molecule has 4 nitrogen and oxygen atoms in total. The van der Waals surface area contributed by atoms with Gasteiger partial charge in [0, 0.05) is 52.9 Å². The van der Waals surface area contributed by atoms with Crippen LogP contribution in [0.15, 0.2) is 48.8 Å². The molecule has 0 saturated carbocycles. The largest absolute Gasteiger partial charge is 0.508 e. The molecule has 0 radical (unpaired) electrons. The zero-order valence-corrected chi connectivity index (χ0v) is 18.8. The fourth-order valence-corrected chi connectivity index (χ4v) is 4.35. The molecule has 0 atom stereocenters. The smallest absolute Gasteiger partial charge is 0.120 e. The van der Waals surface area contributed by atoms with Crippen LogP contribution in [0.4, 0.5) is 0 Å². The molecule has 2 aromatic heterocycles. The maximum absolute atomic E-state index is 10.0. The van der Waals surface area contributed by atoms with Crippen molar-refractivity contribution in [2.24, 2.45) is 0 Å². The Labute approximate surface area is 183 Å². The average Bonchev–Trinajstić information content (AvgIpc) is 3.27. The van der Waals surface area contributed by atoms with Crippen LogP contribution in [0.25, 0.3) is 21.8 Å². The van der Waals surface area contributed by atoms with E-state index in [0.29, 0.717) is 5.75 Å². The Bertz CT molecular complexity index is 1080. The number of aryl methyl sites for hydroxylation is 4. The highest BCUT2D eigenvalue weighted by Gasteiger charge is 2.07. The van der Waals surface area contributed by atoms with Crippen molar-refractivity contribution in [1.29, 1.82) is 0 Å². The van der Waals surface area contributed by atoms with Gasteiger partial charge in [0.15, 0.2) is 0 Å². The van der Waals surface area contributed by atoms with Gasteiger partial charge in [-0.2, -0.15) is 0 Å². The first-order valence-corrected chi connectivity index (χ1v) is 11.0. The number of benzene rings is 2. The summed E-state index contributed by atoms with van der Waals surface area (Å²) in [5.74, 6) is 0.370. The van der Waals surface area contributed by atoms with Crippen LogP contribution in [0, 0.1) is 13.8 Å². The van der Waals surface area contributed by atoms with Gasteiger partial charge in [-0.3, -0.25) is 0 Å². The lowest BCUT2D eigenvalue weighted by Crippen LogP contribution is -2.23. The molecule has 1 N–H and O–H groups in total. The lowest BCUT2D eigenvalue weighted by molar-refractivity contribution is 0.311. The first-order chi connectivity index (χ1) is 14.4. The summed E-state index contributed by atoms with van der Waals surface area (Å²) in [6.45, 7) is 8.09. The monoisotopic (exact) mass is 423 g/mol. The van der Waals surface area contributed by atoms with Gasteiger partial charge in [-0.05, 0) is 88.3 Å². The zero-order chi connectivity index (χ0) is 21.3. The molecule has 0 aliphatic rings. The van der Waals surface area contributed by atoms with Crippen LogP contribution in [-0.4, -0.2) is 39.3 Å². The van der Waals surface area contributed by atoms with Crippen molar-refractivity contribution in [1.82, 2.24) is 14.0 Å². The SMILES string of the molecule is Cc1cc2ccn(CCCN(C)CCCn3ccc4cc(Cl)c(C)cc43)c2cc1O. The maximum Gasteiger partial charge on any atom is 0.120 e. The van der Waals surface area contributed by atoms with Crippen molar-refractivity contribution in [3.05, 3.63) is 64.9 Å². The van der Waals surface area contributed by atoms with Crippen LogP contribution < -0.4 is 0 Å². The molecule has 30 heavy (non-hydrogen) atoms. The highest BCUT2D eigenvalue weighted by molar-refractivity contribution is 6.32. The normalized spacial score (nSPS) is 11.9. The Balaban J connectivity index is 1.26. The molecule has 2 aromatic carbocycles. The fraction of sp³-hybridized carbons (Fsp3) is 0.360. The second-order valence-electron chi connectivity index (χ2n) is 8.39. The maximum atomic E-state index is 10.0. The van der Waals surface area contributed by atoms with Crippen molar-refractivity contribution in [3.8, 4) is 5.75 Å². The second kappa shape index (κ2) is 8.75. The second-order valence-corrected chi connectivity index (χ2v) is 8.79. The van der Waals surface area contributed by atoms with Crippen molar-refractivity contribution < 1.29 is 5.11 Å².